The third-order valence-electron chi connectivity index (χ3n) is 4.69. The van der Waals surface area contributed by atoms with E-state index in [-0.39, 0.29) is 17.5 Å². The quantitative estimate of drug-likeness (QED) is 0.845. The standard InChI is InChI=1S/C19H22N4O2/c1-4-13-6-7-20-16(8-13)14-9-17(19(25)21-10-14)22(3)15-11-23(12-15)18(24)5-2/h5-10,15H,2,4,11-12H2,1,3H3,(H,21,25). The molecule has 3 heterocycles. The number of carbonyl (C=O) groups excluding carboxylic acids is 1. The van der Waals surface area contributed by atoms with Crippen LogP contribution in [0.1, 0.15) is 12.5 Å². The van der Waals surface area contributed by atoms with Crippen molar-refractivity contribution in [1.29, 1.82) is 0 Å². The van der Waals surface area contributed by atoms with E-state index in [0.717, 1.165) is 17.7 Å². The summed E-state index contributed by atoms with van der Waals surface area (Å²) >= 11 is 0. The van der Waals surface area contributed by atoms with Gasteiger partial charge >= 0.3 is 0 Å². The Balaban J connectivity index is 1.84. The second-order valence-electron chi connectivity index (χ2n) is 6.22. The number of nitrogens with one attached hydrogen (secondary N) is 1. The van der Waals surface area contributed by atoms with Crippen LogP contribution in [0.4, 0.5) is 5.69 Å². The van der Waals surface area contributed by atoms with Crippen LogP contribution in [-0.2, 0) is 11.2 Å². The molecule has 1 N–H and O–H groups in total. The number of likely N-dealkylation sites (tertiary alicyclic amines) is 1. The Morgan fingerprint density at radius 2 is 2.24 bits per heavy atom. The number of hydrogen-bond donors (Lipinski definition) is 1. The molecule has 0 aliphatic carbocycles. The van der Waals surface area contributed by atoms with Gasteiger partial charge < -0.3 is 14.8 Å². The average molecular weight is 338 g/mol. The van der Waals surface area contributed by atoms with Crippen LogP contribution < -0.4 is 10.5 Å². The second kappa shape index (κ2) is 6.93. The molecule has 1 aliphatic rings. The fourth-order valence-corrected chi connectivity index (χ4v) is 2.94. The van der Waals surface area contributed by atoms with Crippen molar-refractivity contribution in [1.82, 2.24) is 14.9 Å². The van der Waals surface area contributed by atoms with Gasteiger partial charge in [0.05, 0.1) is 11.7 Å². The van der Waals surface area contributed by atoms with E-state index < -0.39 is 0 Å². The van der Waals surface area contributed by atoms with Crippen LogP contribution in [0.15, 0.2) is 48.0 Å². The smallest absolute Gasteiger partial charge is 0.271 e. The van der Waals surface area contributed by atoms with Gasteiger partial charge in [-0.2, -0.15) is 0 Å². The van der Waals surface area contributed by atoms with Crippen molar-refractivity contribution in [3.05, 3.63) is 59.2 Å². The van der Waals surface area contributed by atoms with E-state index >= 15 is 0 Å². The molecular weight excluding hydrogens is 316 g/mol. The summed E-state index contributed by atoms with van der Waals surface area (Å²) in [6.45, 7) is 6.78. The summed E-state index contributed by atoms with van der Waals surface area (Å²) in [7, 11) is 1.88. The molecule has 25 heavy (non-hydrogen) atoms. The van der Waals surface area contributed by atoms with Crippen LogP contribution in [0.25, 0.3) is 11.3 Å². The Bertz CT molecular complexity index is 852. The molecule has 0 radical (unpaired) electrons. The minimum absolute atomic E-state index is 0.0760. The zero-order valence-corrected chi connectivity index (χ0v) is 14.5. The van der Waals surface area contributed by atoms with E-state index in [1.54, 1.807) is 17.3 Å². The number of anilines is 1. The Morgan fingerprint density at radius 1 is 1.48 bits per heavy atom. The van der Waals surface area contributed by atoms with Crippen LogP contribution in [0.3, 0.4) is 0 Å². The maximum absolute atomic E-state index is 12.3. The highest BCUT2D eigenvalue weighted by Gasteiger charge is 2.33. The average Bonchev–Trinajstić information content (AvgIpc) is 2.60. The predicted molar refractivity (Wildman–Crippen MR) is 98.6 cm³/mol. The van der Waals surface area contributed by atoms with Gasteiger partial charge in [0.2, 0.25) is 5.91 Å². The molecule has 1 fully saturated rings. The summed E-state index contributed by atoms with van der Waals surface area (Å²) in [5, 5.41) is 0. The molecule has 6 heteroatoms. The Morgan fingerprint density at radius 3 is 2.92 bits per heavy atom. The molecule has 1 aliphatic heterocycles. The third-order valence-corrected chi connectivity index (χ3v) is 4.69. The number of pyridine rings is 2. The second-order valence-corrected chi connectivity index (χ2v) is 6.22. The third kappa shape index (κ3) is 3.33. The van der Waals surface area contributed by atoms with Gasteiger partial charge in [-0.15, -0.1) is 0 Å². The van der Waals surface area contributed by atoms with Gasteiger partial charge in [-0.1, -0.05) is 13.5 Å². The molecule has 0 saturated carbocycles. The SMILES string of the molecule is C=CC(=O)N1CC(N(C)c2cc(-c3cc(CC)ccn3)c[nH]c2=O)C1. The number of hydrogen-bond acceptors (Lipinski definition) is 4. The summed E-state index contributed by atoms with van der Waals surface area (Å²) in [6.07, 6.45) is 5.72. The van der Waals surface area contributed by atoms with Gasteiger partial charge in [-0.05, 0) is 36.3 Å². The number of aryl methyl sites for hydroxylation is 1. The van der Waals surface area contributed by atoms with Crippen LogP contribution >= 0.6 is 0 Å². The molecule has 0 spiro atoms. The van der Waals surface area contributed by atoms with E-state index in [4.69, 9.17) is 0 Å². The molecule has 1 saturated heterocycles. The highest BCUT2D eigenvalue weighted by Crippen LogP contribution is 2.23. The largest absolute Gasteiger partial charge is 0.364 e. The lowest BCUT2D eigenvalue weighted by molar-refractivity contribution is -0.130. The van der Waals surface area contributed by atoms with Crippen molar-refractivity contribution in [3.8, 4) is 11.3 Å². The highest BCUT2D eigenvalue weighted by molar-refractivity contribution is 5.87. The first-order valence-electron chi connectivity index (χ1n) is 8.35. The van der Waals surface area contributed by atoms with Crippen molar-refractivity contribution in [2.75, 3.05) is 25.0 Å². The molecule has 2 aromatic heterocycles. The monoisotopic (exact) mass is 338 g/mol. The molecule has 130 valence electrons. The zero-order valence-electron chi connectivity index (χ0n) is 14.5. The van der Waals surface area contributed by atoms with Crippen molar-refractivity contribution in [2.24, 2.45) is 0 Å². The molecule has 6 nitrogen and oxygen atoms in total. The van der Waals surface area contributed by atoms with Crippen LogP contribution in [0.2, 0.25) is 0 Å². The minimum atomic E-state index is -0.147. The molecule has 0 bridgehead atoms. The lowest BCUT2D eigenvalue weighted by Gasteiger charge is -2.44. The number of aromatic amines is 1. The fraction of sp³-hybridized carbons (Fsp3) is 0.316. The topological polar surface area (TPSA) is 69.3 Å². The molecule has 2 aromatic rings. The zero-order chi connectivity index (χ0) is 18.0. The van der Waals surface area contributed by atoms with Gasteiger partial charge in [0, 0.05) is 38.1 Å². The van der Waals surface area contributed by atoms with Gasteiger partial charge in [-0.3, -0.25) is 14.6 Å². The summed E-state index contributed by atoms with van der Waals surface area (Å²) < 4.78 is 0. The Hall–Kier alpha value is -2.89. The fourth-order valence-electron chi connectivity index (χ4n) is 2.94. The van der Waals surface area contributed by atoms with Crippen molar-refractivity contribution in [2.45, 2.75) is 19.4 Å². The number of rotatable bonds is 5. The first-order chi connectivity index (χ1) is 12.0. The molecule has 0 aromatic carbocycles. The number of aromatic nitrogens is 2. The summed E-state index contributed by atoms with van der Waals surface area (Å²) in [5.74, 6) is -0.0760. The maximum atomic E-state index is 12.3. The normalized spacial score (nSPS) is 14.1. The number of likely N-dealkylation sites (N-methyl/N-ethyl adjacent to an activating group) is 1. The molecular formula is C19H22N4O2. The van der Waals surface area contributed by atoms with Crippen LogP contribution in [-0.4, -0.2) is 47.0 Å². The van der Waals surface area contributed by atoms with Crippen LogP contribution in [0.5, 0.6) is 0 Å². The molecule has 0 unspecified atom stereocenters. The highest BCUT2D eigenvalue weighted by atomic mass is 16.2. The molecule has 3 rings (SSSR count). The van der Waals surface area contributed by atoms with Crippen LogP contribution in [0, 0.1) is 0 Å². The minimum Gasteiger partial charge on any atom is -0.364 e. The van der Waals surface area contributed by atoms with E-state index in [9.17, 15) is 9.59 Å². The maximum Gasteiger partial charge on any atom is 0.271 e. The summed E-state index contributed by atoms with van der Waals surface area (Å²) in [4.78, 5) is 34.7. The van der Waals surface area contributed by atoms with Gasteiger partial charge in [0.25, 0.3) is 5.56 Å². The lowest BCUT2D eigenvalue weighted by Crippen LogP contribution is -2.60. The van der Waals surface area contributed by atoms with Gasteiger partial charge in [0.15, 0.2) is 0 Å². The first kappa shape index (κ1) is 17.0. The van der Waals surface area contributed by atoms with Gasteiger partial charge in [0.1, 0.15) is 5.69 Å². The number of H-pyrrole nitrogens is 1. The summed E-state index contributed by atoms with van der Waals surface area (Å²) in [6, 6.07) is 6.00. The van der Waals surface area contributed by atoms with Gasteiger partial charge in [-0.25, -0.2) is 0 Å². The van der Waals surface area contributed by atoms with E-state index in [2.05, 4.69) is 23.5 Å². The lowest BCUT2D eigenvalue weighted by atomic mass is 10.1. The summed E-state index contributed by atoms with van der Waals surface area (Å²) in [5.41, 5.74) is 3.34. The number of amides is 1. The number of carbonyl (C=O) groups is 1. The first-order valence-corrected chi connectivity index (χ1v) is 8.35. The molecule has 0 atom stereocenters. The van der Waals surface area contributed by atoms with Crippen molar-refractivity contribution >= 4 is 11.6 Å². The van der Waals surface area contributed by atoms with E-state index in [0.29, 0.717) is 18.8 Å². The van der Waals surface area contributed by atoms with E-state index in [1.807, 2.05) is 30.1 Å². The molecule has 1 amide bonds. The Labute approximate surface area is 146 Å². The number of nitrogens with zero attached hydrogens (tertiary/aromatic N) is 3. The van der Waals surface area contributed by atoms with Crippen molar-refractivity contribution in [3.63, 3.8) is 0 Å². The van der Waals surface area contributed by atoms with Crippen molar-refractivity contribution < 1.29 is 4.79 Å². The van der Waals surface area contributed by atoms with E-state index in [1.165, 1.54) is 11.6 Å². The predicted octanol–water partition coefficient (Wildman–Crippen LogP) is 1.83. The Kier molecular flexibility index (Phi) is 4.70.